The summed E-state index contributed by atoms with van der Waals surface area (Å²) in [5.74, 6) is 0. The van der Waals surface area contributed by atoms with Gasteiger partial charge in [-0.05, 0) is 18.6 Å². The molecular weight excluding hydrogens is 270 g/mol. The summed E-state index contributed by atoms with van der Waals surface area (Å²) in [6.07, 6.45) is 4.29. The zero-order valence-corrected chi connectivity index (χ0v) is 11.9. The van der Waals surface area contributed by atoms with Crippen LogP contribution in [0.2, 0.25) is 0 Å². The first kappa shape index (κ1) is 15.0. The van der Waals surface area contributed by atoms with E-state index in [0.29, 0.717) is 6.54 Å². The molecule has 0 bridgehead atoms. The van der Waals surface area contributed by atoms with Crippen molar-refractivity contribution >= 4 is 27.2 Å². The van der Waals surface area contributed by atoms with Gasteiger partial charge in [0.1, 0.15) is 15.6 Å². The zero-order valence-electron chi connectivity index (χ0n) is 10.2. The molecule has 0 radical (unpaired) electrons. The van der Waals surface area contributed by atoms with Crippen LogP contribution in [0.4, 0.5) is 0 Å². The lowest BCUT2D eigenvalue weighted by atomic mass is 10.3. The summed E-state index contributed by atoms with van der Waals surface area (Å²) in [7, 11) is -3.60. The van der Waals surface area contributed by atoms with E-state index in [1.165, 1.54) is 12.3 Å². The average molecular weight is 287 g/mol. The van der Waals surface area contributed by atoms with E-state index in [-0.39, 0.29) is 15.6 Å². The molecule has 0 spiro atoms. The van der Waals surface area contributed by atoms with Gasteiger partial charge in [-0.15, -0.1) is 0 Å². The van der Waals surface area contributed by atoms with Crippen LogP contribution < -0.4 is 10.5 Å². The molecule has 1 aromatic heterocycles. The smallest absolute Gasteiger partial charge is 0.242 e. The van der Waals surface area contributed by atoms with Gasteiger partial charge in [-0.25, -0.2) is 13.1 Å². The summed E-state index contributed by atoms with van der Waals surface area (Å²) in [5.41, 5.74) is 5.60. The second kappa shape index (κ2) is 6.77. The van der Waals surface area contributed by atoms with Gasteiger partial charge < -0.3 is 5.73 Å². The molecule has 1 rings (SSSR count). The first-order chi connectivity index (χ1) is 8.49. The maximum atomic E-state index is 12.1. The van der Waals surface area contributed by atoms with E-state index in [1.807, 2.05) is 0 Å². The first-order valence-corrected chi connectivity index (χ1v) is 7.62. The first-order valence-electron chi connectivity index (χ1n) is 5.73. The molecule has 1 heterocycles. The Labute approximate surface area is 113 Å². The quantitative estimate of drug-likeness (QED) is 0.581. The predicted octanol–water partition coefficient (Wildman–Crippen LogP) is 1.18. The summed E-state index contributed by atoms with van der Waals surface area (Å²) in [5, 5.41) is 0. The Morgan fingerprint density at radius 3 is 2.83 bits per heavy atom. The molecule has 0 aromatic carbocycles. The molecule has 7 heteroatoms. The number of unbranched alkanes of at least 4 members (excludes halogenated alkanes) is 2. The van der Waals surface area contributed by atoms with E-state index in [2.05, 4.69) is 16.6 Å². The Bertz CT molecular complexity index is 515. The third-order valence-electron chi connectivity index (χ3n) is 2.37. The topological polar surface area (TPSA) is 85.1 Å². The molecule has 0 amide bonds. The van der Waals surface area contributed by atoms with E-state index in [9.17, 15) is 8.42 Å². The van der Waals surface area contributed by atoms with Gasteiger partial charge in [-0.1, -0.05) is 32.0 Å². The number of nitrogens with zero attached hydrogens (tertiary/aromatic N) is 1. The van der Waals surface area contributed by atoms with Crippen LogP contribution in [0.5, 0.6) is 0 Å². The van der Waals surface area contributed by atoms with Crippen LogP contribution in [0, 0.1) is 0 Å². The Morgan fingerprint density at radius 2 is 2.22 bits per heavy atom. The molecule has 5 nitrogen and oxygen atoms in total. The van der Waals surface area contributed by atoms with Gasteiger partial charge in [-0.2, -0.15) is 0 Å². The normalized spacial score (nSPS) is 11.4. The lowest BCUT2D eigenvalue weighted by molar-refractivity contribution is 0.575. The predicted molar refractivity (Wildman–Crippen MR) is 74.8 cm³/mol. The Hall–Kier alpha value is -1.05. The van der Waals surface area contributed by atoms with E-state index in [0.717, 1.165) is 19.3 Å². The number of thiocarbonyl (C=S) groups is 1. The SMILES string of the molecule is CCCCCNS(=O)(=O)c1cccnc1C(N)=S. The van der Waals surface area contributed by atoms with Crippen molar-refractivity contribution in [1.82, 2.24) is 9.71 Å². The maximum absolute atomic E-state index is 12.1. The highest BCUT2D eigenvalue weighted by molar-refractivity contribution is 7.89. The molecule has 0 fully saturated rings. The van der Waals surface area contributed by atoms with Gasteiger partial charge in [0.2, 0.25) is 10.0 Å². The summed E-state index contributed by atoms with van der Waals surface area (Å²) < 4.78 is 26.6. The highest BCUT2D eigenvalue weighted by atomic mass is 32.2. The van der Waals surface area contributed by atoms with Crippen LogP contribution in [0.3, 0.4) is 0 Å². The van der Waals surface area contributed by atoms with Gasteiger partial charge >= 0.3 is 0 Å². The number of nitrogens with two attached hydrogens (primary N) is 1. The summed E-state index contributed by atoms with van der Waals surface area (Å²) in [6, 6.07) is 2.99. The third-order valence-corrected chi connectivity index (χ3v) is 4.05. The van der Waals surface area contributed by atoms with Crippen LogP contribution in [-0.4, -0.2) is 24.9 Å². The van der Waals surface area contributed by atoms with Gasteiger partial charge in [0.15, 0.2) is 0 Å². The van der Waals surface area contributed by atoms with Crippen molar-refractivity contribution in [2.45, 2.75) is 31.1 Å². The van der Waals surface area contributed by atoms with Crippen molar-refractivity contribution < 1.29 is 8.42 Å². The van der Waals surface area contributed by atoms with E-state index < -0.39 is 10.0 Å². The van der Waals surface area contributed by atoms with Crippen LogP contribution in [0.15, 0.2) is 23.2 Å². The van der Waals surface area contributed by atoms with Gasteiger partial charge in [0.05, 0.1) is 0 Å². The van der Waals surface area contributed by atoms with Crippen LogP contribution >= 0.6 is 12.2 Å². The Balaban J connectivity index is 2.88. The molecule has 0 saturated carbocycles. The number of rotatable bonds is 7. The summed E-state index contributed by atoms with van der Waals surface area (Å²) >= 11 is 4.80. The van der Waals surface area contributed by atoms with Crippen LogP contribution in [-0.2, 0) is 10.0 Å². The Morgan fingerprint density at radius 1 is 1.50 bits per heavy atom. The standard InChI is InChI=1S/C11H17N3O2S2/c1-2-3-4-8-14-18(15,16)9-6-5-7-13-10(9)11(12)17/h5-7,14H,2-4,8H2,1H3,(H2,12,17). The van der Waals surface area contributed by atoms with Gasteiger partial charge in [0, 0.05) is 12.7 Å². The minimum absolute atomic E-state index is 0.0236. The fraction of sp³-hybridized carbons (Fsp3) is 0.455. The van der Waals surface area contributed by atoms with E-state index >= 15 is 0 Å². The van der Waals surface area contributed by atoms with Crippen molar-refractivity contribution in [3.8, 4) is 0 Å². The second-order valence-electron chi connectivity index (χ2n) is 3.82. The minimum atomic E-state index is -3.60. The van der Waals surface area contributed by atoms with Crippen molar-refractivity contribution in [3.63, 3.8) is 0 Å². The maximum Gasteiger partial charge on any atom is 0.242 e. The molecule has 0 saturated heterocycles. The van der Waals surface area contributed by atoms with Crippen molar-refractivity contribution in [1.29, 1.82) is 0 Å². The highest BCUT2D eigenvalue weighted by Gasteiger charge is 2.19. The number of nitrogens with one attached hydrogen (secondary N) is 1. The number of pyridine rings is 1. The molecule has 0 aliphatic heterocycles. The van der Waals surface area contributed by atoms with Crippen LogP contribution in [0.1, 0.15) is 31.9 Å². The van der Waals surface area contributed by atoms with Crippen molar-refractivity contribution in [2.24, 2.45) is 5.73 Å². The highest BCUT2D eigenvalue weighted by Crippen LogP contribution is 2.12. The number of aromatic nitrogens is 1. The van der Waals surface area contributed by atoms with E-state index in [1.54, 1.807) is 6.07 Å². The molecule has 0 unspecified atom stereocenters. The molecule has 100 valence electrons. The van der Waals surface area contributed by atoms with E-state index in [4.69, 9.17) is 18.0 Å². The summed E-state index contributed by atoms with van der Waals surface area (Å²) in [4.78, 5) is 3.92. The molecule has 0 aliphatic carbocycles. The number of sulfonamides is 1. The lowest BCUT2D eigenvalue weighted by Gasteiger charge is -2.09. The second-order valence-corrected chi connectivity index (χ2v) is 5.99. The third kappa shape index (κ3) is 4.01. The Kier molecular flexibility index (Phi) is 5.64. The molecular formula is C11H17N3O2S2. The zero-order chi connectivity index (χ0) is 13.6. The van der Waals surface area contributed by atoms with Crippen molar-refractivity contribution in [2.75, 3.05) is 6.54 Å². The van der Waals surface area contributed by atoms with Gasteiger partial charge in [0.25, 0.3) is 0 Å². The molecule has 18 heavy (non-hydrogen) atoms. The molecule has 0 atom stereocenters. The molecule has 1 aromatic rings. The van der Waals surface area contributed by atoms with Crippen LogP contribution in [0.25, 0.3) is 0 Å². The average Bonchev–Trinajstić information content (AvgIpc) is 2.35. The number of hydrogen-bond donors (Lipinski definition) is 2. The largest absolute Gasteiger partial charge is 0.388 e. The fourth-order valence-electron chi connectivity index (χ4n) is 1.45. The monoisotopic (exact) mass is 287 g/mol. The van der Waals surface area contributed by atoms with Gasteiger partial charge in [-0.3, -0.25) is 4.98 Å². The minimum Gasteiger partial charge on any atom is -0.388 e. The number of hydrogen-bond acceptors (Lipinski definition) is 4. The fourth-order valence-corrected chi connectivity index (χ4v) is 2.92. The molecule has 3 N–H and O–H groups in total. The lowest BCUT2D eigenvalue weighted by Crippen LogP contribution is -2.28. The van der Waals surface area contributed by atoms with Crippen molar-refractivity contribution in [3.05, 3.63) is 24.0 Å². The summed E-state index contributed by atoms with van der Waals surface area (Å²) in [6.45, 7) is 2.46. The molecule has 0 aliphatic rings.